The summed E-state index contributed by atoms with van der Waals surface area (Å²) < 4.78 is 0. The SMILES string of the molecule is C=CC(=O)N(CC)CC.C=CC(N)=O.NN. The van der Waals surface area contributed by atoms with Gasteiger partial charge in [0.2, 0.25) is 11.8 Å². The molecule has 0 unspecified atom stereocenters. The van der Waals surface area contributed by atoms with Gasteiger partial charge < -0.3 is 10.6 Å². The third kappa shape index (κ3) is 14.8. The first-order valence-electron chi connectivity index (χ1n) is 4.69. The number of hydrogen-bond acceptors (Lipinski definition) is 4. The molecule has 0 bridgehead atoms. The Hall–Kier alpha value is -1.66. The van der Waals surface area contributed by atoms with Gasteiger partial charge in [-0.15, -0.1) is 0 Å². The van der Waals surface area contributed by atoms with E-state index in [9.17, 15) is 9.59 Å². The maximum absolute atomic E-state index is 10.8. The van der Waals surface area contributed by atoms with E-state index in [1.807, 2.05) is 13.8 Å². The number of nitrogens with two attached hydrogens (primary N) is 3. The molecule has 94 valence electrons. The standard InChI is InChI=1S/C7H13NO.C3H5NO.H4N2/c1-4-7(9)8(5-2)6-3;1-2-3(4)5;1-2/h4H,1,5-6H2,2-3H3;2H,1H2,(H2,4,5);1-2H2. The van der Waals surface area contributed by atoms with Crippen LogP contribution in [0.3, 0.4) is 0 Å². The summed E-state index contributed by atoms with van der Waals surface area (Å²) in [6.45, 7) is 11.9. The van der Waals surface area contributed by atoms with Gasteiger partial charge >= 0.3 is 0 Å². The van der Waals surface area contributed by atoms with Crippen LogP contribution in [0.2, 0.25) is 0 Å². The van der Waals surface area contributed by atoms with Crippen molar-refractivity contribution in [3.8, 4) is 0 Å². The fourth-order valence-electron chi connectivity index (χ4n) is 0.664. The lowest BCUT2D eigenvalue weighted by Gasteiger charge is -2.15. The highest BCUT2D eigenvalue weighted by Gasteiger charge is 2.01. The van der Waals surface area contributed by atoms with Gasteiger partial charge in [-0.25, -0.2) is 0 Å². The van der Waals surface area contributed by atoms with E-state index in [1.54, 1.807) is 4.90 Å². The minimum Gasteiger partial charge on any atom is -0.366 e. The van der Waals surface area contributed by atoms with Crippen molar-refractivity contribution >= 4 is 11.8 Å². The van der Waals surface area contributed by atoms with Crippen LogP contribution in [-0.2, 0) is 9.59 Å². The van der Waals surface area contributed by atoms with Gasteiger partial charge in [-0.1, -0.05) is 13.2 Å². The second-order valence-electron chi connectivity index (χ2n) is 2.32. The minimum absolute atomic E-state index is 0.0139. The molecule has 0 aromatic carbocycles. The van der Waals surface area contributed by atoms with Crippen LogP contribution in [0.4, 0.5) is 0 Å². The lowest BCUT2D eigenvalue weighted by Crippen LogP contribution is -2.28. The zero-order chi connectivity index (χ0) is 13.6. The van der Waals surface area contributed by atoms with Gasteiger partial charge in [0.25, 0.3) is 0 Å². The molecule has 0 atom stereocenters. The molecule has 2 amide bonds. The molecule has 0 fully saturated rings. The Balaban J connectivity index is -0.000000205. The molecule has 0 radical (unpaired) electrons. The van der Waals surface area contributed by atoms with Crippen LogP contribution in [0, 0.1) is 0 Å². The quantitative estimate of drug-likeness (QED) is 0.343. The van der Waals surface area contributed by atoms with E-state index < -0.39 is 5.91 Å². The summed E-state index contributed by atoms with van der Waals surface area (Å²) in [6.07, 6.45) is 2.40. The fourth-order valence-corrected chi connectivity index (χ4v) is 0.664. The van der Waals surface area contributed by atoms with Gasteiger partial charge in [-0.05, 0) is 26.0 Å². The third-order valence-corrected chi connectivity index (χ3v) is 1.45. The Morgan fingerprint density at radius 2 is 1.44 bits per heavy atom. The summed E-state index contributed by atoms with van der Waals surface area (Å²) in [5.41, 5.74) is 4.53. The minimum atomic E-state index is -0.481. The predicted octanol–water partition coefficient (Wildman–Crippen LogP) is -0.483. The van der Waals surface area contributed by atoms with Crippen molar-refractivity contribution in [2.24, 2.45) is 17.4 Å². The van der Waals surface area contributed by atoms with Crippen LogP contribution in [0.1, 0.15) is 13.8 Å². The van der Waals surface area contributed by atoms with E-state index >= 15 is 0 Å². The van der Waals surface area contributed by atoms with Crippen molar-refractivity contribution in [1.29, 1.82) is 0 Å². The second-order valence-corrected chi connectivity index (χ2v) is 2.32. The average Bonchev–Trinajstić information content (AvgIpc) is 2.33. The third-order valence-electron chi connectivity index (χ3n) is 1.45. The van der Waals surface area contributed by atoms with Crippen LogP contribution < -0.4 is 17.4 Å². The van der Waals surface area contributed by atoms with Gasteiger partial charge in [0, 0.05) is 13.1 Å². The lowest BCUT2D eigenvalue weighted by atomic mass is 10.4. The molecule has 0 spiro atoms. The van der Waals surface area contributed by atoms with Crippen LogP contribution in [0.15, 0.2) is 25.3 Å². The topological polar surface area (TPSA) is 115 Å². The number of likely N-dealkylation sites (N-methyl/N-ethyl adjacent to an activating group) is 1. The number of carbonyl (C=O) groups is 2. The van der Waals surface area contributed by atoms with Gasteiger partial charge in [0.15, 0.2) is 0 Å². The van der Waals surface area contributed by atoms with Crippen molar-refractivity contribution in [3.63, 3.8) is 0 Å². The summed E-state index contributed by atoms with van der Waals surface area (Å²) in [7, 11) is 0. The van der Waals surface area contributed by atoms with E-state index in [0.29, 0.717) is 0 Å². The summed E-state index contributed by atoms with van der Waals surface area (Å²) in [5, 5.41) is 0. The van der Waals surface area contributed by atoms with Gasteiger partial charge in [-0.3, -0.25) is 21.3 Å². The molecular formula is C10H22N4O2. The molecule has 6 heteroatoms. The molecule has 0 aromatic rings. The van der Waals surface area contributed by atoms with Crippen LogP contribution >= 0.6 is 0 Å². The van der Waals surface area contributed by atoms with Crippen molar-refractivity contribution in [3.05, 3.63) is 25.3 Å². The largest absolute Gasteiger partial charge is 0.366 e. The first kappa shape index (κ1) is 19.8. The second kappa shape index (κ2) is 15.8. The number of primary amides is 1. The van der Waals surface area contributed by atoms with E-state index in [0.717, 1.165) is 19.2 Å². The summed E-state index contributed by atoms with van der Waals surface area (Å²) in [5.74, 6) is 7.53. The molecule has 0 saturated carbocycles. The Morgan fingerprint density at radius 1 is 1.12 bits per heavy atom. The monoisotopic (exact) mass is 230 g/mol. The number of hydrogen-bond donors (Lipinski definition) is 3. The van der Waals surface area contributed by atoms with Crippen LogP contribution in [0.25, 0.3) is 0 Å². The maximum atomic E-state index is 10.8. The number of amides is 2. The lowest BCUT2D eigenvalue weighted by molar-refractivity contribution is -0.125. The summed E-state index contributed by atoms with van der Waals surface area (Å²) in [6, 6.07) is 0. The number of hydrazine groups is 1. The predicted molar refractivity (Wildman–Crippen MR) is 65.9 cm³/mol. The first-order chi connectivity index (χ1) is 7.53. The molecule has 6 N–H and O–H groups in total. The summed E-state index contributed by atoms with van der Waals surface area (Å²) >= 11 is 0. The molecule has 0 aromatic heterocycles. The molecule has 0 heterocycles. The molecule has 0 aliphatic heterocycles. The van der Waals surface area contributed by atoms with Gasteiger partial charge in [0.05, 0.1) is 0 Å². The Bertz CT molecular complexity index is 213. The molecule has 16 heavy (non-hydrogen) atoms. The normalized spacial score (nSPS) is 7.25. The number of rotatable bonds is 4. The van der Waals surface area contributed by atoms with Gasteiger partial charge in [0.1, 0.15) is 0 Å². The number of nitrogens with zero attached hydrogens (tertiary/aromatic N) is 1. The van der Waals surface area contributed by atoms with E-state index in [4.69, 9.17) is 0 Å². The van der Waals surface area contributed by atoms with Crippen LogP contribution in [-0.4, -0.2) is 29.8 Å². The molecular weight excluding hydrogens is 208 g/mol. The zero-order valence-electron chi connectivity index (χ0n) is 9.98. The Morgan fingerprint density at radius 3 is 1.50 bits per heavy atom. The van der Waals surface area contributed by atoms with Crippen molar-refractivity contribution in [2.75, 3.05) is 13.1 Å². The first-order valence-corrected chi connectivity index (χ1v) is 4.69. The van der Waals surface area contributed by atoms with Crippen molar-refractivity contribution in [2.45, 2.75) is 13.8 Å². The van der Waals surface area contributed by atoms with E-state index in [2.05, 4.69) is 30.6 Å². The molecule has 6 nitrogen and oxygen atoms in total. The van der Waals surface area contributed by atoms with Gasteiger partial charge in [-0.2, -0.15) is 0 Å². The highest BCUT2D eigenvalue weighted by Crippen LogP contribution is 1.87. The van der Waals surface area contributed by atoms with Crippen molar-refractivity contribution < 1.29 is 9.59 Å². The highest BCUT2D eigenvalue weighted by molar-refractivity contribution is 5.86. The van der Waals surface area contributed by atoms with Crippen molar-refractivity contribution in [1.82, 2.24) is 4.90 Å². The van der Waals surface area contributed by atoms with E-state index in [1.165, 1.54) is 6.08 Å². The molecule has 0 saturated heterocycles. The zero-order valence-corrected chi connectivity index (χ0v) is 9.98. The number of carbonyl (C=O) groups excluding carboxylic acids is 2. The molecule has 0 rings (SSSR count). The average molecular weight is 230 g/mol. The molecule has 0 aliphatic carbocycles. The highest BCUT2D eigenvalue weighted by atomic mass is 16.2. The van der Waals surface area contributed by atoms with Crippen LogP contribution in [0.5, 0.6) is 0 Å². The fraction of sp³-hybridized carbons (Fsp3) is 0.400. The maximum Gasteiger partial charge on any atom is 0.245 e. The molecule has 0 aliphatic rings. The van der Waals surface area contributed by atoms with E-state index in [-0.39, 0.29) is 5.91 Å². The Labute approximate surface area is 96.7 Å². The smallest absolute Gasteiger partial charge is 0.245 e. The summed E-state index contributed by atoms with van der Waals surface area (Å²) in [4.78, 5) is 22.0. The Kier molecular flexibility index (Phi) is 19.6.